The molecule has 0 aromatic carbocycles. The van der Waals surface area contributed by atoms with Crippen LogP contribution < -0.4 is 5.56 Å². The zero-order valence-corrected chi connectivity index (χ0v) is 8.61. The maximum atomic E-state index is 11.4. The van der Waals surface area contributed by atoms with Crippen molar-refractivity contribution in [3.05, 3.63) is 53.0 Å². The van der Waals surface area contributed by atoms with Crippen molar-refractivity contribution in [2.45, 2.75) is 13.1 Å². The summed E-state index contributed by atoms with van der Waals surface area (Å²) in [6.45, 7) is 1.08. The summed E-state index contributed by atoms with van der Waals surface area (Å²) in [5.41, 5.74) is -0.0460. The van der Waals surface area contributed by atoms with Gasteiger partial charge in [0.15, 0.2) is 12.1 Å². The SMILES string of the molecule is O=Cc1nccn1CCn1ccccc1=O. The minimum absolute atomic E-state index is 0.0460. The lowest BCUT2D eigenvalue weighted by Crippen LogP contribution is -2.20. The number of aldehydes is 1. The van der Waals surface area contributed by atoms with Gasteiger partial charge in [-0.2, -0.15) is 0 Å². The van der Waals surface area contributed by atoms with Crippen LogP contribution in [0.3, 0.4) is 0 Å². The van der Waals surface area contributed by atoms with Gasteiger partial charge in [0, 0.05) is 37.7 Å². The number of nitrogens with zero attached hydrogens (tertiary/aromatic N) is 3. The molecular formula is C11H11N3O2. The smallest absolute Gasteiger partial charge is 0.250 e. The van der Waals surface area contributed by atoms with E-state index in [2.05, 4.69) is 4.98 Å². The van der Waals surface area contributed by atoms with Gasteiger partial charge < -0.3 is 9.13 Å². The average Bonchev–Trinajstić information content (AvgIpc) is 2.75. The van der Waals surface area contributed by atoms with Crippen LogP contribution in [0.4, 0.5) is 0 Å². The van der Waals surface area contributed by atoms with Gasteiger partial charge >= 0.3 is 0 Å². The topological polar surface area (TPSA) is 56.9 Å². The fraction of sp³-hybridized carbons (Fsp3) is 0.182. The Morgan fingerprint density at radius 1 is 1.19 bits per heavy atom. The monoisotopic (exact) mass is 217 g/mol. The summed E-state index contributed by atoms with van der Waals surface area (Å²) in [6.07, 6.45) is 5.71. The van der Waals surface area contributed by atoms with Crippen molar-refractivity contribution in [2.75, 3.05) is 0 Å². The van der Waals surface area contributed by atoms with E-state index in [1.165, 1.54) is 6.07 Å². The molecule has 5 heteroatoms. The lowest BCUT2D eigenvalue weighted by molar-refractivity contribution is 0.111. The van der Waals surface area contributed by atoms with Crippen LogP contribution in [0, 0.1) is 0 Å². The molecule has 0 aliphatic carbocycles. The minimum atomic E-state index is -0.0460. The summed E-state index contributed by atoms with van der Waals surface area (Å²) < 4.78 is 3.31. The maximum absolute atomic E-state index is 11.4. The number of carbonyl (C=O) groups is 1. The number of hydrogen-bond acceptors (Lipinski definition) is 3. The molecule has 0 unspecified atom stereocenters. The van der Waals surface area contributed by atoms with Crippen LogP contribution in [0.5, 0.6) is 0 Å². The second kappa shape index (κ2) is 4.57. The fourth-order valence-corrected chi connectivity index (χ4v) is 1.49. The zero-order valence-electron chi connectivity index (χ0n) is 8.61. The van der Waals surface area contributed by atoms with Crippen LogP contribution in [-0.2, 0) is 13.1 Å². The van der Waals surface area contributed by atoms with Gasteiger partial charge in [-0.3, -0.25) is 9.59 Å². The first-order valence-corrected chi connectivity index (χ1v) is 4.93. The molecule has 0 N–H and O–H groups in total. The molecule has 0 atom stereocenters. The van der Waals surface area contributed by atoms with Crippen molar-refractivity contribution in [3.8, 4) is 0 Å². The van der Waals surface area contributed by atoms with Crippen molar-refractivity contribution in [3.63, 3.8) is 0 Å². The summed E-state index contributed by atoms with van der Waals surface area (Å²) in [7, 11) is 0. The third-order valence-corrected chi connectivity index (χ3v) is 2.33. The molecule has 0 saturated heterocycles. The Hall–Kier alpha value is -2.17. The van der Waals surface area contributed by atoms with Crippen LogP contribution in [0.2, 0.25) is 0 Å². The van der Waals surface area contributed by atoms with Crippen LogP contribution in [-0.4, -0.2) is 20.4 Å². The first kappa shape index (κ1) is 10.4. The quantitative estimate of drug-likeness (QED) is 0.703. The van der Waals surface area contributed by atoms with Crippen LogP contribution in [0.25, 0.3) is 0 Å². The van der Waals surface area contributed by atoms with E-state index in [-0.39, 0.29) is 5.56 Å². The third-order valence-electron chi connectivity index (χ3n) is 2.33. The first-order valence-electron chi connectivity index (χ1n) is 4.93. The molecule has 0 bridgehead atoms. The van der Waals surface area contributed by atoms with Gasteiger partial charge in [-0.25, -0.2) is 4.98 Å². The van der Waals surface area contributed by atoms with E-state index in [9.17, 15) is 9.59 Å². The van der Waals surface area contributed by atoms with Gasteiger partial charge in [0.2, 0.25) is 0 Å². The lowest BCUT2D eigenvalue weighted by atomic mass is 10.4. The average molecular weight is 217 g/mol. The Kier molecular flexibility index (Phi) is 2.95. The number of pyridine rings is 1. The van der Waals surface area contributed by atoms with Gasteiger partial charge in [0.05, 0.1) is 0 Å². The Morgan fingerprint density at radius 2 is 2.00 bits per heavy atom. The van der Waals surface area contributed by atoms with E-state index in [0.29, 0.717) is 25.2 Å². The van der Waals surface area contributed by atoms with Crippen molar-refractivity contribution >= 4 is 6.29 Å². The molecule has 2 rings (SSSR count). The fourth-order valence-electron chi connectivity index (χ4n) is 1.49. The standard InChI is InChI=1S/C11H11N3O2/c15-9-10-12-4-6-13(10)7-8-14-5-2-1-3-11(14)16/h1-6,9H,7-8H2. The zero-order chi connectivity index (χ0) is 11.4. The second-order valence-electron chi connectivity index (χ2n) is 3.33. The minimum Gasteiger partial charge on any atom is -0.327 e. The molecule has 0 spiro atoms. The number of carbonyl (C=O) groups excluding carboxylic acids is 1. The summed E-state index contributed by atoms with van der Waals surface area (Å²) >= 11 is 0. The second-order valence-corrected chi connectivity index (χ2v) is 3.33. The Balaban J connectivity index is 2.11. The van der Waals surface area contributed by atoms with Gasteiger partial charge in [0.1, 0.15) is 0 Å². The van der Waals surface area contributed by atoms with E-state index in [0.717, 1.165) is 0 Å². The predicted octanol–water partition coefficient (Wildman–Crippen LogP) is 0.557. The van der Waals surface area contributed by atoms with Gasteiger partial charge in [-0.1, -0.05) is 6.07 Å². The normalized spacial score (nSPS) is 10.2. The molecule has 0 fully saturated rings. The van der Waals surface area contributed by atoms with Gasteiger partial charge in [-0.05, 0) is 6.07 Å². The van der Waals surface area contributed by atoms with Gasteiger partial charge in [0.25, 0.3) is 5.56 Å². The maximum Gasteiger partial charge on any atom is 0.250 e. The molecule has 0 amide bonds. The number of hydrogen-bond donors (Lipinski definition) is 0. The van der Waals surface area contributed by atoms with Crippen molar-refractivity contribution < 1.29 is 4.79 Å². The molecule has 0 saturated carbocycles. The Morgan fingerprint density at radius 3 is 2.75 bits per heavy atom. The Bertz CT molecular complexity index is 542. The van der Waals surface area contributed by atoms with E-state index in [4.69, 9.17) is 0 Å². The van der Waals surface area contributed by atoms with E-state index >= 15 is 0 Å². The highest BCUT2D eigenvalue weighted by Gasteiger charge is 2.00. The number of rotatable bonds is 4. The highest BCUT2D eigenvalue weighted by molar-refractivity contribution is 5.69. The van der Waals surface area contributed by atoms with Crippen molar-refractivity contribution in [1.29, 1.82) is 0 Å². The van der Waals surface area contributed by atoms with E-state index < -0.39 is 0 Å². The third kappa shape index (κ3) is 2.08. The molecule has 0 aliphatic heterocycles. The van der Waals surface area contributed by atoms with E-state index in [1.807, 2.05) is 0 Å². The molecule has 5 nitrogen and oxygen atoms in total. The highest BCUT2D eigenvalue weighted by Crippen LogP contribution is 1.95. The lowest BCUT2D eigenvalue weighted by Gasteiger charge is -2.06. The van der Waals surface area contributed by atoms with Crippen LogP contribution in [0.15, 0.2) is 41.6 Å². The van der Waals surface area contributed by atoms with Crippen LogP contribution in [0.1, 0.15) is 10.6 Å². The number of imidazole rings is 1. The molecule has 82 valence electrons. The predicted molar refractivity (Wildman–Crippen MR) is 58.3 cm³/mol. The number of aromatic nitrogens is 3. The summed E-state index contributed by atoms with van der Waals surface area (Å²) in [6, 6.07) is 5.01. The Labute approximate surface area is 92.0 Å². The van der Waals surface area contributed by atoms with Crippen molar-refractivity contribution in [2.24, 2.45) is 0 Å². The summed E-state index contributed by atoms with van der Waals surface area (Å²) in [4.78, 5) is 25.9. The molecule has 2 aromatic rings. The molecule has 16 heavy (non-hydrogen) atoms. The molecular weight excluding hydrogens is 206 g/mol. The van der Waals surface area contributed by atoms with E-state index in [1.54, 1.807) is 39.9 Å². The largest absolute Gasteiger partial charge is 0.327 e. The molecule has 0 aliphatic rings. The molecule has 0 radical (unpaired) electrons. The number of aryl methyl sites for hydroxylation is 2. The molecule has 2 aromatic heterocycles. The van der Waals surface area contributed by atoms with Crippen LogP contribution >= 0.6 is 0 Å². The molecule has 2 heterocycles. The van der Waals surface area contributed by atoms with Crippen molar-refractivity contribution in [1.82, 2.24) is 14.1 Å². The highest BCUT2D eigenvalue weighted by atomic mass is 16.1. The summed E-state index contributed by atoms with van der Waals surface area (Å²) in [5.74, 6) is 0.379. The first-order chi connectivity index (χ1) is 7.81. The summed E-state index contributed by atoms with van der Waals surface area (Å²) in [5, 5.41) is 0. The van der Waals surface area contributed by atoms with Gasteiger partial charge in [-0.15, -0.1) is 0 Å².